The molecule has 2 aromatic heterocycles. The van der Waals surface area contributed by atoms with Crippen LogP contribution in [-0.4, -0.2) is 15.9 Å². The van der Waals surface area contributed by atoms with Gasteiger partial charge in [-0.2, -0.15) is 0 Å². The molecule has 0 fully saturated rings. The molecule has 1 amide bonds. The van der Waals surface area contributed by atoms with E-state index in [-0.39, 0.29) is 5.91 Å². The average Bonchev–Trinajstić information content (AvgIpc) is 2.89. The van der Waals surface area contributed by atoms with Crippen LogP contribution in [-0.2, 0) is 6.54 Å². The fourth-order valence-electron chi connectivity index (χ4n) is 1.85. The third kappa shape index (κ3) is 2.60. The third-order valence-electron chi connectivity index (χ3n) is 2.84. The maximum Gasteiger partial charge on any atom is 0.261 e. The second kappa shape index (κ2) is 5.26. The summed E-state index contributed by atoms with van der Waals surface area (Å²) < 4.78 is 1.05. The zero-order valence-corrected chi connectivity index (χ0v) is 11.4. The summed E-state index contributed by atoms with van der Waals surface area (Å²) in [5.74, 6) is -0.108. The molecular formula is C14H12N4OS. The van der Waals surface area contributed by atoms with Crippen molar-refractivity contribution in [2.45, 2.75) is 6.54 Å². The van der Waals surface area contributed by atoms with Crippen LogP contribution in [0.3, 0.4) is 0 Å². The molecule has 5 nitrogen and oxygen atoms in total. The molecule has 0 aliphatic carbocycles. The first-order chi connectivity index (χ1) is 9.72. The van der Waals surface area contributed by atoms with Gasteiger partial charge in [0.25, 0.3) is 5.91 Å². The number of hydrogen-bond acceptors (Lipinski definition) is 5. The summed E-state index contributed by atoms with van der Waals surface area (Å²) in [5.41, 5.74) is 7.21. The minimum absolute atomic E-state index is 0.108. The number of nitrogens with one attached hydrogen (secondary N) is 1. The zero-order valence-electron chi connectivity index (χ0n) is 10.5. The highest BCUT2D eigenvalue weighted by Gasteiger charge is 2.10. The molecule has 0 aliphatic heterocycles. The summed E-state index contributed by atoms with van der Waals surface area (Å²) in [6.45, 7) is 0.387. The number of anilines is 1. The van der Waals surface area contributed by atoms with Gasteiger partial charge in [0, 0.05) is 16.6 Å². The SMILES string of the molecule is Nc1ccc2sc(C(=O)NCc3ccncn3)cc2c1. The molecule has 3 rings (SSSR count). The topological polar surface area (TPSA) is 80.9 Å². The van der Waals surface area contributed by atoms with Crippen molar-refractivity contribution in [3.05, 3.63) is 53.4 Å². The highest BCUT2D eigenvalue weighted by molar-refractivity contribution is 7.20. The van der Waals surface area contributed by atoms with Gasteiger partial charge in [-0.25, -0.2) is 9.97 Å². The fraction of sp³-hybridized carbons (Fsp3) is 0.0714. The molecule has 100 valence electrons. The van der Waals surface area contributed by atoms with E-state index in [1.165, 1.54) is 17.7 Å². The number of carbonyl (C=O) groups is 1. The van der Waals surface area contributed by atoms with E-state index in [1.807, 2.05) is 24.3 Å². The lowest BCUT2D eigenvalue weighted by Gasteiger charge is -2.01. The van der Waals surface area contributed by atoms with Gasteiger partial charge in [0.15, 0.2) is 0 Å². The Kier molecular flexibility index (Phi) is 3.30. The van der Waals surface area contributed by atoms with Gasteiger partial charge >= 0.3 is 0 Å². The lowest BCUT2D eigenvalue weighted by molar-refractivity contribution is 0.0954. The molecule has 20 heavy (non-hydrogen) atoms. The number of nitrogen functional groups attached to an aromatic ring is 1. The molecule has 0 spiro atoms. The smallest absolute Gasteiger partial charge is 0.261 e. The van der Waals surface area contributed by atoms with Crippen LogP contribution in [0.1, 0.15) is 15.4 Å². The van der Waals surface area contributed by atoms with E-state index in [0.29, 0.717) is 17.1 Å². The predicted octanol–water partition coefficient (Wildman–Crippen LogP) is 2.20. The van der Waals surface area contributed by atoms with Crippen LogP contribution >= 0.6 is 11.3 Å². The number of carbonyl (C=O) groups excluding carboxylic acids is 1. The number of nitrogens with two attached hydrogens (primary N) is 1. The van der Waals surface area contributed by atoms with Crippen molar-refractivity contribution in [3.8, 4) is 0 Å². The van der Waals surface area contributed by atoms with Gasteiger partial charge in [0.2, 0.25) is 0 Å². The van der Waals surface area contributed by atoms with Gasteiger partial charge < -0.3 is 11.1 Å². The van der Waals surface area contributed by atoms with E-state index < -0.39 is 0 Å². The highest BCUT2D eigenvalue weighted by Crippen LogP contribution is 2.27. The average molecular weight is 284 g/mol. The zero-order chi connectivity index (χ0) is 13.9. The standard InChI is InChI=1S/C14H12N4OS/c15-10-1-2-12-9(5-10)6-13(20-12)14(19)17-7-11-3-4-16-8-18-11/h1-6,8H,7,15H2,(H,17,19). The second-order valence-corrected chi connectivity index (χ2v) is 5.38. The Labute approximate surface area is 119 Å². The number of fused-ring (bicyclic) bond motifs is 1. The Hall–Kier alpha value is -2.47. The number of amides is 1. The Morgan fingerprint density at radius 3 is 3.00 bits per heavy atom. The van der Waals surface area contributed by atoms with Gasteiger partial charge in [-0.15, -0.1) is 11.3 Å². The number of rotatable bonds is 3. The first-order valence-corrected chi connectivity index (χ1v) is 6.86. The molecule has 2 heterocycles. The van der Waals surface area contributed by atoms with E-state index in [0.717, 1.165) is 15.8 Å². The van der Waals surface area contributed by atoms with Crippen molar-refractivity contribution in [2.75, 3.05) is 5.73 Å². The third-order valence-corrected chi connectivity index (χ3v) is 3.95. The normalized spacial score (nSPS) is 10.6. The van der Waals surface area contributed by atoms with Gasteiger partial charge in [-0.05, 0) is 35.7 Å². The number of benzene rings is 1. The summed E-state index contributed by atoms with van der Waals surface area (Å²) in [6.07, 6.45) is 3.11. The first-order valence-electron chi connectivity index (χ1n) is 6.04. The largest absolute Gasteiger partial charge is 0.399 e. The van der Waals surface area contributed by atoms with E-state index in [1.54, 1.807) is 12.3 Å². The summed E-state index contributed by atoms with van der Waals surface area (Å²) in [7, 11) is 0. The molecule has 0 atom stereocenters. The quantitative estimate of drug-likeness (QED) is 0.722. The molecule has 0 bridgehead atoms. The van der Waals surface area contributed by atoms with Gasteiger partial charge in [0.05, 0.1) is 17.1 Å². The van der Waals surface area contributed by atoms with Crippen LogP contribution in [0.15, 0.2) is 42.9 Å². The van der Waals surface area contributed by atoms with E-state index in [9.17, 15) is 4.79 Å². The van der Waals surface area contributed by atoms with Crippen molar-refractivity contribution in [2.24, 2.45) is 0 Å². The molecule has 0 aliphatic rings. The van der Waals surface area contributed by atoms with Crippen molar-refractivity contribution in [1.82, 2.24) is 15.3 Å². The molecular weight excluding hydrogens is 272 g/mol. The molecule has 0 saturated heterocycles. The molecule has 0 saturated carbocycles. The van der Waals surface area contributed by atoms with Gasteiger partial charge in [-0.3, -0.25) is 4.79 Å². The van der Waals surface area contributed by atoms with Crippen LogP contribution in [0.5, 0.6) is 0 Å². The molecule has 0 unspecified atom stereocenters. The number of nitrogens with zero attached hydrogens (tertiary/aromatic N) is 2. The number of aromatic nitrogens is 2. The molecule has 3 aromatic rings. The van der Waals surface area contributed by atoms with Crippen molar-refractivity contribution in [3.63, 3.8) is 0 Å². The predicted molar refractivity (Wildman–Crippen MR) is 79.4 cm³/mol. The summed E-state index contributed by atoms with van der Waals surface area (Å²) in [4.78, 5) is 20.7. The molecule has 0 radical (unpaired) electrons. The van der Waals surface area contributed by atoms with Gasteiger partial charge in [-0.1, -0.05) is 0 Å². The van der Waals surface area contributed by atoms with Crippen LogP contribution in [0.4, 0.5) is 5.69 Å². The number of hydrogen-bond donors (Lipinski definition) is 2. The Balaban J connectivity index is 1.75. The number of thiophene rings is 1. The summed E-state index contributed by atoms with van der Waals surface area (Å²) >= 11 is 1.45. The van der Waals surface area contributed by atoms with Crippen LogP contribution in [0.25, 0.3) is 10.1 Å². The summed E-state index contributed by atoms with van der Waals surface area (Å²) in [6, 6.07) is 9.25. The summed E-state index contributed by atoms with van der Waals surface area (Å²) in [5, 5.41) is 3.83. The van der Waals surface area contributed by atoms with E-state index >= 15 is 0 Å². The highest BCUT2D eigenvalue weighted by atomic mass is 32.1. The molecule has 3 N–H and O–H groups in total. The van der Waals surface area contributed by atoms with Crippen molar-refractivity contribution >= 4 is 33.0 Å². The Morgan fingerprint density at radius 1 is 1.30 bits per heavy atom. The lowest BCUT2D eigenvalue weighted by atomic mass is 10.2. The lowest BCUT2D eigenvalue weighted by Crippen LogP contribution is -2.22. The second-order valence-electron chi connectivity index (χ2n) is 4.29. The molecule has 6 heteroatoms. The van der Waals surface area contributed by atoms with E-state index in [4.69, 9.17) is 5.73 Å². The molecule has 1 aromatic carbocycles. The van der Waals surface area contributed by atoms with Crippen molar-refractivity contribution < 1.29 is 4.79 Å². The van der Waals surface area contributed by atoms with E-state index in [2.05, 4.69) is 15.3 Å². The minimum Gasteiger partial charge on any atom is -0.399 e. The van der Waals surface area contributed by atoms with Crippen LogP contribution in [0.2, 0.25) is 0 Å². The fourth-order valence-corrected chi connectivity index (χ4v) is 2.81. The van der Waals surface area contributed by atoms with Gasteiger partial charge in [0.1, 0.15) is 6.33 Å². The maximum absolute atomic E-state index is 12.1. The first kappa shape index (κ1) is 12.6. The monoisotopic (exact) mass is 284 g/mol. The van der Waals surface area contributed by atoms with Crippen molar-refractivity contribution in [1.29, 1.82) is 0 Å². The maximum atomic E-state index is 12.1. The van der Waals surface area contributed by atoms with Crippen LogP contribution in [0, 0.1) is 0 Å². The Morgan fingerprint density at radius 2 is 2.20 bits per heavy atom. The minimum atomic E-state index is -0.108. The van der Waals surface area contributed by atoms with Crippen LogP contribution < -0.4 is 11.1 Å². The Bertz CT molecular complexity index is 754.